The molecule has 1 atom stereocenters. The van der Waals surface area contributed by atoms with E-state index in [2.05, 4.69) is 35.1 Å². The van der Waals surface area contributed by atoms with Crippen molar-refractivity contribution in [1.82, 2.24) is 5.32 Å². The van der Waals surface area contributed by atoms with Crippen LogP contribution in [0.5, 0.6) is 0 Å². The van der Waals surface area contributed by atoms with Crippen molar-refractivity contribution in [2.75, 3.05) is 18.0 Å². The Morgan fingerprint density at radius 1 is 1.44 bits per heavy atom. The maximum atomic E-state index is 6.06. The molecule has 16 heavy (non-hydrogen) atoms. The van der Waals surface area contributed by atoms with Crippen LogP contribution in [0.15, 0.2) is 10.5 Å². The molecule has 5 N–H and O–H groups in total. The zero-order valence-electron chi connectivity index (χ0n) is 9.68. The van der Waals surface area contributed by atoms with Gasteiger partial charge in [-0.05, 0) is 36.1 Å². The molecule has 1 aromatic carbocycles. The van der Waals surface area contributed by atoms with Crippen LogP contribution in [-0.4, -0.2) is 6.54 Å². The average Bonchev–Trinajstić information content (AvgIpc) is 2.25. The predicted octanol–water partition coefficient (Wildman–Crippen LogP) is 2.46. The Morgan fingerprint density at radius 2 is 2.12 bits per heavy atom. The van der Waals surface area contributed by atoms with Gasteiger partial charge in [0.25, 0.3) is 0 Å². The fourth-order valence-corrected chi connectivity index (χ4v) is 3.12. The SMILES string of the molecule is CC(C)C1NCCc2c(N)c(N)cc(Br)c21. The standard InChI is InChI=1S/C12H18BrN3/c1-6(2)12-10-7(3-4-16-12)11(15)9(14)5-8(10)13/h5-6,12,16H,3-4,14-15H2,1-2H3. The number of hydrogen-bond donors (Lipinski definition) is 3. The zero-order valence-corrected chi connectivity index (χ0v) is 11.3. The van der Waals surface area contributed by atoms with Crippen LogP contribution in [0, 0.1) is 5.92 Å². The van der Waals surface area contributed by atoms with Gasteiger partial charge in [-0.2, -0.15) is 0 Å². The van der Waals surface area contributed by atoms with E-state index in [-0.39, 0.29) is 0 Å². The van der Waals surface area contributed by atoms with Gasteiger partial charge in [-0.25, -0.2) is 0 Å². The highest BCUT2D eigenvalue weighted by Crippen LogP contribution is 2.39. The second-order valence-electron chi connectivity index (χ2n) is 4.68. The summed E-state index contributed by atoms with van der Waals surface area (Å²) in [6, 6.07) is 2.28. The van der Waals surface area contributed by atoms with Gasteiger partial charge >= 0.3 is 0 Å². The molecule has 0 spiro atoms. The Balaban J connectivity index is 2.60. The summed E-state index contributed by atoms with van der Waals surface area (Å²) >= 11 is 3.60. The van der Waals surface area contributed by atoms with Crippen LogP contribution in [0.4, 0.5) is 11.4 Å². The van der Waals surface area contributed by atoms with Crippen LogP contribution in [0.1, 0.15) is 31.0 Å². The Kier molecular flexibility index (Phi) is 3.13. The first-order chi connectivity index (χ1) is 7.52. The van der Waals surface area contributed by atoms with Crippen molar-refractivity contribution in [2.45, 2.75) is 26.3 Å². The maximum Gasteiger partial charge on any atom is 0.0584 e. The predicted molar refractivity (Wildman–Crippen MR) is 72.3 cm³/mol. The first kappa shape index (κ1) is 11.7. The lowest BCUT2D eigenvalue weighted by Gasteiger charge is -2.32. The minimum absolute atomic E-state index is 0.362. The van der Waals surface area contributed by atoms with Crippen LogP contribution in [0.2, 0.25) is 0 Å². The van der Waals surface area contributed by atoms with E-state index in [0.717, 1.165) is 23.1 Å². The number of nitrogens with two attached hydrogens (primary N) is 2. The molecule has 0 saturated heterocycles. The highest BCUT2D eigenvalue weighted by molar-refractivity contribution is 9.10. The molecule has 0 saturated carbocycles. The lowest BCUT2D eigenvalue weighted by Crippen LogP contribution is -2.34. The third kappa shape index (κ3) is 1.80. The summed E-state index contributed by atoms with van der Waals surface area (Å²) in [6.07, 6.45) is 0.952. The van der Waals surface area contributed by atoms with Gasteiger partial charge in [0.05, 0.1) is 11.4 Å². The zero-order chi connectivity index (χ0) is 11.9. The molecule has 1 unspecified atom stereocenters. The van der Waals surface area contributed by atoms with Crippen molar-refractivity contribution in [3.8, 4) is 0 Å². The van der Waals surface area contributed by atoms with Gasteiger partial charge in [0.1, 0.15) is 0 Å². The number of benzene rings is 1. The second kappa shape index (κ2) is 4.26. The number of hydrogen-bond acceptors (Lipinski definition) is 3. The van der Waals surface area contributed by atoms with Crippen molar-refractivity contribution < 1.29 is 0 Å². The van der Waals surface area contributed by atoms with Crippen molar-refractivity contribution >= 4 is 27.3 Å². The molecular formula is C12H18BrN3. The van der Waals surface area contributed by atoms with Crippen LogP contribution >= 0.6 is 15.9 Å². The van der Waals surface area contributed by atoms with E-state index < -0.39 is 0 Å². The maximum absolute atomic E-state index is 6.06. The van der Waals surface area contributed by atoms with Gasteiger partial charge in [0, 0.05) is 10.5 Å². The van der Waals surface area contributed by atoms with Crippen molar-refractivity contribution in [1.29, 1.82) is 0 Å². The summed E-state index contributed by atoms with van der Waals surface area (Å²) in [5.41, 5.74) is 15.9. The molecule has 2 rings (SSSR count). The lowest BCUT2D eigenvalue weighted by molar-refractivity contribution is 0.394. The summed E-state index contributed by atoms with van der Waals surface area (Å²) in [7, 11) is 0. The number of anilines is 2. The molecule has 4 heteroatoms. The van der Waals surface area contributed by atoms with Crippen molar-refractivity contribution in [3.63, 3.8) is 0 Å². The highest BCUT2D eigenvalue weighted by atomic mass is 79.9. The van der Waals surface area contributed by atoms with Crippen LogP contribution in [-0.2, 0) is 6.42 Å². The van der Waals surface area contributed by atoms with Gasteiger partial charge in [0.15, 0.2) is 0 Å². The van der Waals surface area contributed by atoms with E-state index in [9.17, 15) is 0 Å². The molecule has 88 valence electrons. The molecular weight excluding hydrogens is 266 g/mol. The van der Waals surface area contributed by atoms with E-state index in [1.807, 2.05) is 6.07 Å². The molecule has 1 aromatic rings. The van der Waals surface area contributed by atoms with Gasteiger partial charge in [-0.1, -0.05) is 29.8 Å². The van der Waals surface area contributed by atoms with Crippen molar-refractivity contribution in [2.24, 2.45) is 5.92 Å². The quantitative estimate of drug-likeness (QED) is 0.694. The largest absolute Gasteiger partial charge is 0.397 e. The number of rotatable bonds is 1. The van der Waals surface area contributed by atoms with Gasteiger partial charge in [-0.15, -0.1) is 0 Å². The Morgan fingerprint density at radius 3 is 2.75 bits per heavy atom. The number of nitrogens with one attached hydrogen (secondary N) is 1. The van der Waals surface area contributed by atoms with E-state index >= 15 is 0 Å². The van der Waals surface area contributed by atoms with E-state index in [1.54, 1.807) is 0 Å². The Hall–Kier alpha value is -0.740. The molecule has 0 aliphatic carbocycles. The van der Waals surface area contributed by atoms with Crippen LogP contribution in [0.25, 0.3) is 0 Å². The molecule has 0 radical (unpaired) electrons. The molecule has 0 amide bonds. The first-order valence-corrected chi connectivity index (χ1v) is 6.41. The monoisotopic (exact) mass is 283 g/mol. The summed E-state index contributed by atoms with van der Waals surface area (Å²) in [5, 5.41) is 3.54. The molecule has 0 aromatic heterocycles. The third-order valence-electron chi connectivity index (χ3n) is 3.22. The fraction of sp³-hybridized carbons (Fsp3) is 0.500. The highest BCUT2D eigenvalue weighted by Gasteiger charge is 2.26. The number of nitrogen functional groups attached to an aromatic ring is 2. The number of fused-ring (bicyclic) bond motifs is 1. The molecule has 1 aliphatic rings. The van der Waals surface area contributed by atoms with Gasteiger partial charge in [0.2, 0.25) is 0 Å². The molecule has 0 fully saturated rings. The average molecular weight is 284 g/mol. The lowest BCUT2D eigenvalue weighted by atomic mass is 9.86. The summed E-state index contributed by atoms with van der Waals surface area (Å²) in [4.78, 5) is 0. The van der Waals surface area contributed by atoms with E-state index in [0.29, 0.717) is 17.6 Å². The topological polar surface area (TPSA) is 64.1 Å². The minimum Gasteiger partial charge on any atom is -0.397 e. The fourth-order valence-electron chi connectivity index (χ4n) is 2.38. The second-order valence-corrected chi connectivity index (χ2v) is 5.53. The first-order valence-electron chi connectivity index (χ1n) is 5.62. The van der Waals surface area contributed by atoms with E-state index in [4.69, 9.17) is 11.5 Å². The minimum atomic E-state index is 0.362. The molecule has 3 nitrogen and oxygen atoms in total. The summed E-state index contributed by atoms with van der Waals surface area (Å²) in [6.45, 7) is 5.40. The van der Waals surface area contributed by atoms with Crippen LogP contribution in [0.3, 0.4) is 0 Å². The molecule has 1 heterocycles. The third-order valence-corrected chi connectivity index (χ3v) is 3.87. The van der Waals surface area contributed by atoms with Gasteiger partial charge in [-0.3, -0.25) is 0 Å². The van der Waals surface area contributed by atoms with Crippen LogP contribution < -0.4 is 16.8 Å². The van der Waals surface area contributed by atoms with Crippen molar-refractivity contribution in [3.05, 3.63) is 21.7 Å². The smallest absolute Gasteiger partial charge is 0.0584 e. The molecule has 0 bridgehead atoms. The Labute approximate surface area is 105 Å². The Bertz CT molecular complexity index is 415. The van der Waals surface area contributed by atoms with Gasteiger partial charge < -0.3 is 16.8 Å². The normalized spacial score (nSPS) is 19.9. The molecule has 1 aliphatic heterocycles. The number of halogens is 1. The summed E-state index contributed by atoms with van der Waals surface area (Å²) < 4.78 is 1.07. The van der Waals surface area contributed by atoms with E-state index in [1.165, 1.54) is 11.1 Å². The summed E-state index contributed by atoms with van der Waals surface area (Å²) in [5.74, 6) is 0.540.